The Morgan fingerprint density at radius 1 is 1.62 bits per heavy atom. The molecule has 0 heterocycles. The number of allylic oxidation sites excluding steroid dienone is 1. The molecule has 0 aliphatic heterocycles. The maximum Gasteiger partial charge on any atom is 0.325 e. The van der Waals surface area contributed by atoms with Crippen molar-refractivity contribution >= 4 is 7.60 Å². The highest BCUT2D eigenvalue weighted by molar-refractivity contribution is 7.51. The first-order chi connectivity index (χ1) is 5.99. The van der Waals surface area contributed by atoms with E-state index in [-0.39, 0.29) is 12.1 Å². The van der Waals surface area contributed by atoms with E-state index in [0.717, 1.165) is 6.42 Å². The maximum atomic E-state index is 10.7. The molecule has 0 aromatic heterocycles. The molecule has 0 bridgehead atoms. The third-order valence-electron chi connectivity index (χ3n) is 1.68. The Kier molecular flexibility index (Phi) is 5.73. The molecule has 0 saturated carbocycles. The molecule has 1 unspecified atom stereocenters. The summed E-state index contributed by atoms with van der Waals surface area (Å²) < 4.78 is 10.7. The van der Waals surface area contributed by atoms with Gasteiger partial charge in [-0.2, -0.15) is 0 Å². The smallest absolute Gasteiger partial charge is 0.324 e. The quantitative estimate of drug-likeness (QED) is 0.392. The molecule has 0 radical (unpaired) electrons. The van der Waals surface area contributed by atoms with Gasteiger partial charge in [-0.3, -0.25) is 4.57 Å². The SMILES string of the molecule is C#CCC(CCC=C)CP(=O)(O)O. The Labute approximate surface area is 79.0 Å². The third-order valence-corrected chi connectivity index (χ3v) is 2.67. The lowest BCUT2D eigenvalue weighted by molar-refractivity contribution is 0.359. The first kappa shape index (κ1) is 12.4. The van der Waals surface area contributed by atoms with Crippen molar-refractivity contribution in [1.82, 2.24) is 0 Å². The summed E-state index contributed by atoms with van der Waals surface area (Å²) in [5.41, 5.74) is 0. The van der Waals surface area contributed by atoms with Crippen LogP contribution in [0.2, 0.25) is 0 Å². The van der Waals surface area contributed by atoms with Crippen LogP contribution < -0.4 is 0 Å². The van der Waals surface area contributed by atoms with Gasteiger partial charge >= 0.3 is 7.60 Å². The van der Waals surface area contributed by atoms with Gasteiger partial charge in [0.2, 0.25) is 0 Å². The van der Waals surface area contributed by atoms with E-state index in [0.29, 0.717) is 12.8 Å². The van der Waals surface area contributed by atoms with E-state index in [4.69, 9.17) is 16.2 Å². The van der Waals surface area contributed by atoms with Crippen molar-refractivity contribution in [2.24, 2.45) is 5.92 Å². The lowest BCUT2D eigenvalue weighted by Gasteiger charge is -2.13. The van der Waals surface area contributed by atoms with E-state index < -0.39 is 7.60 Å². The van der Waals surface area contributed by atoms with Gasteiger partial charge in [0.05, 0.1) is 6.16 Å². The lowest BCUT2D eigenvalue weighted by Crippen LogP contribution is -2.05. The molecule has 0 aromatic rings. The second kappa shape index (κ2) is 5.99. The van der Waals surface area contributed by atoms with Crippen molar-refractivity contribution in [2.45, 2.75) is 19.3 Å². The largest absolute Gasteiger partial charge is 0.325 e. The summed E-state index contributed by atoms with van der Waals surface area (Å²) in [4.78, 5) is 17.5. The van der Waals surface area contributed by atoms with Crippen molar-refractivity contribution in [1.29, 1.82) is 0 Å². The van der Waals surface area contributed by atoms with E-state index in [1.807, 2.05) is 0 Å². The standard InChI is InChI=1S/C9H15O3P/c1-3-5-7-9(6-4-2)8-13(10,11)12/h2-3,9H,1,5-8H2,(H2,10,11,12). The zero-order valence-electron chi connectivity index (χ0n) is 7.52. The fourth-order valence-corrected chi connectivity index (χ4v) is 2.10. The molecule has 1 atom stereocenters. The summed E-state index contributed by atoms with van der Waals surface area (Å²) in [6.07, 6.45) is 8.55. The monoisotopic (exact) mass is 202 g/mol. The first-order valence-corrected chi connectivity index (χ1v) is 5.88. The summed E-state index contributed by atoms with van der Waals surface area (Å²) in [5.74, 6) is 2.33. The van der Waals surface area contributed by atoms with Crippen LogP contribution in [0, 0.1) is 18.3 Å². The van der Waals surface area contributed by atoms with Crippen molar-refractivity contribution in [3.8, 4) is 12.3 Å². The van der Waals surface area contributed by atoms with Crippen LogP contribution in [0.15, 0.2) is 12.7 Å². The van der Waals surface area contributed by atoms with E-state index in [1.54, 1.807) is 6.08 Å². The fourth-order valence-electron chi connectivity index (χ4n) is 1.11. The molecule has 0 amide bonds. The van der Waals surface area contributed by atoms with Gasteiger partial charge in [0, 0.05) is 6.42 Å². The Balaban J connectivity index is 4.02. The van der Waals surface area contributed by atoms with Gasteiger partial charge in [0.1, 0.15) is 0 Å². The van der Waals surface area contributed by atoms with Crippen LogP contribution in [-0.2, 0) is 4.57 Å². The van der Waals surface area contributed by atoms with E-state index in [9.17, 15) is 4.57 Å². The molecule has 0 spiro atoms. The molecule has 0 saturated heterocycles. The highest BCUT2D eigenvalue weighted by atomic mass is 31.2. The van der Waals surface area contributed by atoms with E-state index in [2.05, 4.69) is 12.5 Å². The summed E-state index contributed by atoms with van der Waals surface area (Å²) in [6, 6.07) is 0. The van der Waals surface area contributed by atoms with Crippen LogP contribution in [0.1, 0.15) is 19.3 Å². The highest BCUT2D eigenvalue weighted by Crippen LogP contribution is 2.38. The summed E-state index contributed by atoms with van der Waals surface area (Å²) >= 11 is 0. The van der Waals surface area contributed by atoms with Crippen LogP contribution >= 0.6 is 7.60 Å². The van der Waals surface area contributed by atoms with Gasteiger partial charge < -0.3 is 9.79 Å². The van der Waals surface area contributed by atoms with Crippen LogP contribution in [0.3, 0.4) is 0 Å². The van der Waals surface area contributed by atoms with Crippen molar-refractivity contribution in [3.05, 3.63) is 12.7 Å². The number of terminal acetylenes is 1. The van der Waals surface area contributed by atoms with Gasteiger partial charge in [-0.25, -0.2) is 0 Å². The van der Waals surface area contributed by atoms with Crippen LogP contribution in [-0.4, -0.2) is 15.9 Å². The second-order valence-electron chi connectivity index (χ2n) is 2.99. The topological polar surface area (TPSA) is 57.5 Å². The minimum absolute atomic E-state index is 0.0937. The predicted molar refractivity (Wildman–Crippen MR) is 53.3 cm³/mol. The molecular weight excluding hydrogens is 187 g/mol. The molecule has 4 heteroatoms. The summed E-state index contributed by atoms with van der Waals surface area (Å²) in [6.45, 7) is 3.54. The Morgan fingerprint density at radius 2 is 2.23 bits per heavy atom. The lowest BCUT2D eigenvalue weighted by atomic mass is 10.0. The second-order valence-corrected chi connectivity index (χ2v) is 4.68. The van der Waals surface area contributed by atoms with Crippen LogP contribution in [0.4, 0.5) is 0 Å². The molecule has 0 aliphatic carbocycles. The molecule has 0 aromatic carbocycles. The highest BCUT2D eigenvalue weighted by Gasteiger charge is 2.19. The van der Waals surface area contributed by atoms with Gasteiger partial charge in [0.25, 0.3) is 0 Å². The number of hydrogen-bond acceptors (Lipinski definition) is 1. The van der Waals surface area contributed by atoms with Gasteiger partial charge in [-0.15, -0.1) is 18.9 Å². The van der Waals surface area contributed by atoms with Crippen molar-refractivity contribution in [3.63, 3.8) is 0 Å². The summed E-state index contributed by atoms with van der Waals surface area (Å²) in [7, 11) is -3.92. The summed E-state index contributed by atoms with van der Waals surface area (Å²) in [5, 5.41) is 0. The fraction of sp³-hybridized carbons (Fsp3) is 0.556. The van der Waals surface area contributed by atoms with Crippen molar-refractivity contribution < 1.29 is 14.4 Å². The Hall–Kier alpha value is -0.550. The van der Waals surface area contributed by atoms with E-state index >= 15 is 0 Å². The molecular formula is C9H15O3P. The zero-order valence-corrected chi connectivity index (χ0v) is 8.41. The maximum absolute atomic E-state index is 10.7. The molecule has 74 valence electrons. The van der Waals surface area contributed by atoms with Gasteiger partial charge in [-0.05, 0) is 18.8 Å². The Morgan fingerprint density at radius 3 is 2.62 bits per heavy atom. The van der Waals surface area contributed by atoms with Crippen molar-refractivity contribution in [2.75, 3.05) is 6.16 Å². The molecule has 2 N–H and O–H groups in total. The van der Waals surface area contributed by atoms with Crippen LogP contribution in [0.25, 0.3) is 0 Å². The molecule has 0 fully saturated rings. The average Bonchev–Trinajstić information content (AvgIpc) is 1.98. The number of rotatable bonds is 6. The number of hydrogen-bond donors (Lipinski definition) is 2. The molecule has 0 aliphatic rings. The molecule has 0 rings (SSSR count). The van der Waals surface area contributed by atoms with Gasteiger partial charge in [-0.1, -0.05) is 6.08 Å². The zero-order chi connectivity index (χ0) is 10.3. The average molecular weight is 202 g/mol. The third kappa shape index (κ3) is 7.80. The first-order valence-electron chi connectivity index (χ1n) is 4.08. The minimum atomic E-state index is -3.92. The van der Waals surface area contributed by atoms with Gasteiger partial charge in [0.15, 0.2) is 0 Å². The normalized spacial score (nSPS) is 13.3. The predicted octanol–water partition coefficient (Wildman–Crippen LogP) is 1.77. The van der Waals surface area contributed by atoms with Crippen LogP contribution in [0.5, 0.6) is 0 Å². The minimum Gasteiger partial charge on any atom is -0.324 e. The van der Waals surface area contributed by atoms with E-state index in [1.165, 1.54) is 0 Å². The molecule has 3 nitrogen and oxygen atoms in total. The molecule has 13 heavy (non-hydrogen) atoms. The Bertz CT molecular complexity index is 236.